The van der Waals surface area contributed by atoms with Gasteiger partial charge in [0.1, 0.15) is 11.4 Å². The average molecular weight is 331 g/mol. The maximum Gasteiger partial charge on any atom is 0.272 e. The Hall–Kier alpha value is -3.15. The third kappa shape index (κ3) is 3.10. The Balaban J connectivity index is 1.55. The summed E-state index contributed by atoms with van der Waals surface area (Å²) >= 11 is 0. The molecule has 0 saturated carbocycles. The Labute approximate surface area is 145 Å². The number of pyridine rings is 2. The van der Waals surface area contributed by atoms with Crippen molar-refractivity contribution < 1.29 is 4.79 Å². The van der Waals surface area contributed by atoms with Crippen LogP contribution in [0.2, 0.25) is 0 Å². The normalized spacial score (nSPS) is 13.4. The molecule has 0 atom stereocenters. The van der Waals surface area contributed by atoms with E-state index >= 15 is 0 Å². The van der Waals surface area contributed by atoms with Crippen molar-refractivity contribution in [1.82, 2.24) is 24.8 Å². The number of rotatable bonds is 2. The van der Waals surface area contributed by atoms with Gasteiger partial charge in [-0.05, 0) is 30.7 Å². The first kappa shape index (κ1) is 15.4. The molecular formula is C19H17N5O. The van der Waals surface area contributed by atoms with Crippen LogP contribution in [0, 0.1) is 6.92 Å². The van der Waals surface area contributed by atoms with E-state index in [4.69, 9.17) is 0 Å². The maximum absolute atomic E-state index is 12.6. The highest BCUT2D eigenvalue weighted by molar-refractivity contribution is 5.92. The zero-order valence-electron chi connectivity index (χ0n) is 13.9. The molecule has 1 aliphatic heterocycles. The molecule has 0 bridgehead atoms. The number of carbonyl (C=O) groups excluding carboxylic acids is 1. The third-order valence-corrected chi connectivity index (χ3v) is 4.25. The van der Waals surface area contributed by atoms with Crippen molar-refractivity contribution in [3.63, 3.8) is 0 Å². The molecule has 0 aliphatic carbocycles. The molecule has 1 amide bonds. The summed E-state index contributed by atoms with van der Waals surface area (Å²) in [6.45, 7) is 3.08. The lowest BCUT2D eigenvalue weighted by molar-refractivity contribution is 0.0727. The van der Waals surface area contributed by atoms with E-state index in [1.165, 1.54) is 0 Å². The summed E-state index contributed by atoms with van der Waals surface area (Å²) in [6.07, 6.45) is 5.95. The summed E-state index contributed by atoms with van der Waals surface area (Å²) in [7, 11) is 0. The van der Waals surface area contributed by atoms with Gasteiger partial charge in [-0.2, -0.15) is 0 Å². The Morgan fingerprint density at radius 2 is 2.00 bits per heavy atom. The van der Waals surface area contributed by atoms with E-state index in [1.54, 1.807) is 29.6 Å². The van der Waals surface area contributed by atoms with Crippen LogP contribution in [0.3, 0.4) is 0 Å². The number of aromatic nitrogens is 4. The molecule has 25 heavy (non-hydrogen) atoms. The summed E-state index contributed by atoms with van der Waals surface area (Å²) in [4.78, 5) is 32.0. The van der Waals surface area contributed by atoms with Crippen molar-refractivity contribution >= 4 is 5.91 Å². The number of carbonyl (C=O) groups is 1. The van der Waals surface area contributed by atoms with Gasteiger partial charge in [-0.1, -0.05) is 12.1 Å². The van der Waals surface area contributed by atoms with E-state index in [1.807, 2.05) is 31.2 Å². The first-order valence-corrected chi connectivity index (χ1v) is 8.19. The predicted molar refractivity (Wildman–Crippen MR) is 92.7 cm³/mol. The standard InChI is InChI=1S/C19H17N5O/c1-13-5-6-17(21-10-13)19(25)24-9-7-15-14(12-24)11-22-18(23-15)16-4-2-3-8-20-16/h2-6,8,10-11H,7,9,12H2,1H3. The van der Waals surface area contributed by atoms with Gasteiger partial charge >= 0.3 is 0 Å². The number of hydrogen-bond donors (Lipinski definition) is 0. The van der Waals surface area contributed by atoms with Gasteiger partial charge in [-0.25, -0.2) is 9.97 Å². The van der Waals surface area contributed by atoms with Crippen LogP contribution in [0.5, 0.6) is 0 Å². The van der Waals surface area contributed by atoms with Gasteiger partial charge in [0.2, 0.25) is 0 Å². The fourth-order valence-corrected chi connectivity index (χ4v) is 2.86. The van der Waals surface area contributed by atoms with Crippen LogP contribution in [-0.4, -0.2) is 37.3 Å². The summed E-state index contributed by atoms with van der Waals surface area (Å²) < 4.78 is 0. The molecule has 4 rings (SSSR count). The Kier molecular flexibility index (Phi) is 3.93. The topological polar surface area (TPSA) is 71.9 Å². The van der Waals surface area contributed by atoms with Crippen LogP contribution in [-0.2, 0) is 13.0 Å². The van der Waals surface area contributed by atoms with Crippen LogP contribution >= 0.6 is 0 Å². The van der Waals surface area contributed by atoms with Gasteiger partial charge < -0.3 is 4.90 Å². The van der Waals surface area contributed by atoms with E-state index in [0.29, 0.717) is 31.0 Å². The highest BCUT2D eigenvalue weighted by atomic mass is 16.2. The zero-order valence-corrected chi connectivity index (χ0v) is 13.9. The monoisotopic (exact) mass is 331 g/mol. The number of nitrogens with zero attached hydrogens (tertiary/aromatic N) is 5. The quantitative estimate of drug-likeness (QED) is 0.721. The van der Waals surface area contributed by atoms with Crippen molar-refractivity contribution in [3.8, 4) is 11.5 Å². The van der Waals surface area contributed by atoms with E-state index in [2.05, 4.69) is 19.9 Å². The fraction of sp³-hybridized carbons (Fsp3) is 0.211. The van der Waals surface area contributed by atoms with E-state index in [0.717, 1.165) is 22.5 Å². The van der Waals surface area contributed by atoms with E-state index < -0.39 is 0 Å². The number of aryl methyl sites for hydroxylation is 1. The van der Waals surface area contributed by atoms with Gasteiger partial charge in [0.25, 0.3) is 5.91 Å². The Morgan fingerprint density at radius 3 is 2.76 bits per heavy atom. The zero-order chi connectivity index (χ0) is 17.2. The second-order valence-corrected chi connectivity index (χ2v) is 6.08. The van der Waals surface area contributed by atoms with Gasteiger partial charge in [0, 0.05) is 43.7 Å². The fourth-order valence-electron chi connectivity index (χ4n) is 2.86. The summed E-state index contributed by atoms with van der Waals surface area (Å²) in [5.41, 5.74) is 4.23. The van der Waals surface area contributed by atoms with Gasteiger partial charge in [-0.15, -0.1) is 0 Å². The van der Waals surface area contributed by atoms with Gasteiger partial charge in [0.05, 0.1) is 5.69 Å². The lowest BCUT2D eigenvalue weighted by atomic mass is 10.1. The van der Waals surface area contributed by atoms with Crippen LogP contribution in [0.15, 0.2) is 48.9 Å². The second kappa shape index (κ2) is 6.39. The highest BCUT2D eigenvalue weighted by Crippen LogP contribution is 2.21. The SMILES string of the molecule is Cc1ccc(C(=O)N2CCc3nc(-c4ccccn4)ncc3C2)nc1. The molecule has 3 aromatic rings. The molecule has 3 aromatic heterocycles. The molecule has 0 fully saturated rings. The molecule has 0 unspecified atom stereocenters. The molecule has 6 nitrogen and oxygen atoms in total. The lowest BCUT2D eigenvalue weighted by Gasteiger charge is -2.28. The van der Waals surface area contributed by atoms with E-state index in [9.17, 15) is 4.79 Å². The largest absolute Gasteiger partial charge is 0.332 e. The average Bonchev–Trinajstić information content (AvgIpc) is 2.68. The minimum absolute atomic E-state index is 0.0561. The van der Waals surface area contributed by atoms with Gasteiger partial charge in [-0.3, -0.25) is 14.8 Å². The molecule has 1 aliphatic rings. The summed E-state index contributed by atoms with van der Waals surface area (Å²) in [5, 5.41) is 0. The molecular weight excluding hydrogens is 314 g/mol. The van der Waals surface area contributed by atoms with Crippen molar-refractivity contribution in [3.05, 3.63) is 71.4 Å². The molecule has 0 N–H and O–H groups in total. The summed E-state index contributed by atoms with van der Waals surface area (Å²) in [6, 6.07) is 9.35. The van der Waals surface area contributed by atoms with Crippen molar-refractivity contribution in [2.45, 2.75) is 19.9 Å². The second-order valence-electron chi connectivity index (χ2n) is 6.08. The van der Waals surface area contributed by atoms with Crippen molar-refractivity contribution in [2.24, 2.45) is 0 Å². The van der Waals surface area contributed by atoms with Crippen molar-refractivity contribution in [1.29, 1.82) is 0 Å². The molecule has 6 heteroatoms. The Morgan fingerprint density at radius 1 is 1.08 bits per heavy atom. The predicted octanol–water partition coefficient (Wildman–Crippen LogP) is 2.44. The first-order valence-electron chi connectivity index (χ1n) is 8.19. The molecule has 4 heterocycles. The van der Waals surface area contributed by atoms with Crippen LogP contribution < -0.4 is 0 Å². The number of fused-ring (bicyclic) bond motifs is 1. The van der Waals surface area contributed by atoms with Gasteiger partial charge in [0.15, 0.2) is 5.82 Å². The van der Waals surface area contributed by atoms with Crippen LogP contribution in [0.4, 0.5) is 0 Å². The van der Waals surface area contributed by atoms with Crippen LogP contribution in [0.1, 0.15) is 27.3 Å². The highest BCUT2D eigenvalue weighted by Gasteiger charge is 2.24. The van der Waals surface area contributed by atoms with Crippen molar-refractivity contribution in [2.75, 3.05) is 6.54 Å². The summed E-state index contributed by atoms with van der Waals surface area (Å²) in [5.74, 6) is 0.568. The number of hydrogen-bond acceptors (Lipinski definition) is 5. The van der Waals surface area contributed by atoms with Crippen LogP contribution in [0.25, 0.3) is 11.5 Å². The number of amides is 1. The maximum atomic E-state index is 12.6. The van der Waals surface area contributed by atoms with E-state index in [-0.39, 0.29) is 5.91 Å². The minimum atomic E-state index is -0.0561. The minimum Gasteiger partial charge on any atom is -0.332 e. The molecule has 0 aromatic carbocycles. The first-order chi connectivity index (χ1) is 12.2. The Bertz CT molecular complexity index is 909. The lowest BCUT2D eigenvalue weighted by Crippen LogP contribution is -2.37. The molecule has 124 valence electrons. The molecule has 0 spiro atoms. The molecule has 0 saturated heterocycles. The molecule has 0 radical (unpaired) electrons. The smallest absolute Gasteiger partial charge is 0.272 e. The third-order valence-electron chi connectivity index (χ3n) is 4.25.